The van der Waals surface area contributed by atoms with Crippen molar-refractivity contribution in [3.05, 3.63) is 28.2 Å². The molecule has 0 spiro atoms. The van der Waals surface area contributed by atoms with Crippen LogP contribution in [0.25, 0.3) is 0 Å². The van der Waals surface area contributed by atoms with Gasteiger partial charge in [0.1, 0.15) is 5.60 Å². The second-order valence-electron chi connectivity index (χ2n) is 6.51. The van der Waals surface area contributed by atoms with Gasteiger partial charge in [-0.05, 0) is 45.7 Å². The van der Waals surface area contributed by atoms with Crippen LogP contribution in [-0.2, 0) is 4.74 Å². The second-order valence-corrected chi connectivity index (χ2v) is 7.32. The van der Waals surface area contributed by atoms with Gasteiger partial charge in [0.05, 0.1) is 15.7 Å². The number of para-hydroxylation sites is 1. The van der Waals surface area contributed by atoms with Crippen molar-refractivity contribution in [2.45, 2.75) is 45.3 Å². The van der Waals surface area contributed by atoms with E-state index < -0.39 is 5.60 Å². The van der Waals surface area contributed by atoms with Crippen LogP contribution in [0.15, 0.2) is 18.2 Å². The van der Waals surface area contributed by atoms with Crippen molar-refractivity contribution >= 4 is 35.0 Å². The van der Waals surface area contributed by atoms with Crippen LogP contribution in [-0.4, -0.2) is 35.7 Å². The summed E-state index contributed by atoms with van der Waals surface area (Å²) in [4.78, 5) is 13.9. The highest BCUT2D eigenvalue weighted by molar-refractivity contribution is 6.39. The number of carbonyl (C=O) groups is 1. The minimum Gasteiger partial charge on any atom is -0.444 e. The summed E-state index contributed by atoms with van der Waals surface area (Å²) in [5.74, 6) is 0. The number of amides is 1. The molecule has 22 heavy (non-hydrogen) atoms. The van der Waals surface area contributed by atoms with Gasteiger partial charge in [0.15, 0.2) is 0 Å². The molecule has 1 saturated heterocycles. The summed E-state index contributed by atoms with van der Waals surface area (Å²) in [5, 5.41) is 4.52. The fourth-order valence-electron chi connectivity index (χ4n) is 2.43. The Bertz CT molecular complexity index is 523. The Kier molecular flexibility index (Phi) is 5.45. The molecule has 122 valence electrons. The van der Waals surface area contributed by atoms with Gasteiger partial charge in [-0.2, -0.15) is 0 Å². The zero-order chi connectivity index (χ0) is 16.3. The first-order chi connectivity index (χ1) is 10.3. The molecule has 1 fully saturated rings. The molecule has 2 rings (SSSR count). The molecule has 0 bridgehead atoms. The van der Waals surface area contributed by atoms with Crippen molar-refractivity contribution in [1.29, 1.82) is 0 Å². The molecule has 0 radical (unpaired) electrons. The summed E-state index contributed by atoms with van der Waals surface area (Å²) < 4.78 is 5.43. The zero-order valence-corrected chi connectivity index (χ0v) is 14.7. The highest BCUT2D eigenvalue weighted by atomic mass is 35.5. The summed E-state index contributed by atoms with van der Waals surface area (Å²) in [7, 11) is 0. The van der Waals surface area contributed by atoms with Crippen LogP contribution in [0.2, 0.25) is 10.0 Å². The average Bonchev–Trinajstić information content (AvgIpc) is 2.41. The molecule has 4 nitrogen and oxygen atoms in total. The van der Waals surface area contributed by atoms with Gasteiger partial charge in [0, 0.05) is 19.1 Å². The Morgan fingerprint density at radius 2 is 1.95 bits per heavy atom. The Morgan fingerprint density at radius 3 is 2.55 bits per heavy atom. The Hall–Kier alpha value is -1.13. The number of nitrogens with zero attached hydrogens (tertiary/aromatic N) is 1. The lowest BCUT2D eigenvalue weighted by atomic mass is 10.1. The molecule has 1 aliphatic heterocycles. The normalized spacial score (nSPS) is 19.0. The first kappa shape index (κ1) is 17.2. The van der Waals surface area contributed by atoms with Gasteiger partial charge in [-0.15, -0.1) is 0 Å². The smallest absolute Gasteiger partial charge is 0.410 e. The highest BCUT2D eigenvalue weighted by Crippen LogP contribution is 2.31. The molecule has 1 aromatic carbocycles. The van der Waals surface area contributed by atoms with E-state index in [1.165, 1.54) is 0 Å². The topological polar surface area (TPSA) is 41.6 Å². The highest BCUT2D eigenvalue weighted by Gasteiger charge is 2.28. The number of hydrogen-bond acceptors (Lipinski definition) is 3. The van der Waals surface area contributed by atoms with Gasteiger partial charge in [0.2, 0.25) is 0 Å². The van der Waals surface area contributed by atoms with E-state index in [4.69, 9.17) is 27.9 Å². The second kappa shape index (κ2) is 6.97. The lowest BCUT2D eigenvalue weighted by Crippen LogP contribution is -2.47. The van der Waals surface area contributed by atoms with E-state index in [1.54, 1.807) is 17.0 Å². The van der Waals surface area contributed by atoms with Gasteiger partial charge < -0.3 is 15.0 Å². The number of carbonyl (C=O) groups excluding carboxylic acids is 1. The number of piperidine rings is 1. The maximum atomic E-state index is 12.2. The Morgan fingerprint density at radius 1 is 1.32 bits per heavy atom. The maximum absolute atomic E-state index is 12.2. The number of halogens is 2. The molecular weight excluding hydrogens is 323 g/mol. The summed E-state index contributed by atoms with van der Waals surface area (Å²) >= 11 is 12.4. The summed E-state index contributed by atoms with van der Waals surface area (Å²) in [6.07, 6.45) is 1.60. The molecule has 1 atom stereocenters. The van der Waals surface area contributed by atoms with Gasteiger partial charge in [-0.1, -0.05) is 29.3 Å². The van der Waals surface area contributed by atoms with Crippen LogP contribution in [0.3, 0.4) is 0 Å². The number of hydrogen-bond donors (Lipinski definition) is 1. The molecular formula is C16H22Cl2N2O2. The van der Waals surface area contributed by atoms with E-state index in [1.807, 2.05) is 26.8 Å². The SMILES string of the molecule is CC(C)(C)OC(=O)N1CCCC(Nc2c(Cl)cccc2Cl)C1. The number of nitrogens with one attached hydrogen (secondary N) is 1. The molecule has 1 aliphatic rings. The number of ether oxygens (including phenoxy) is 1. The molecule has 1 aromatic rings. The van der Waals surface area contributed by atoms with Crippen molar-refractivity contribution < 1.29 is 9.53 Å². The molecule has 0 aliphatic carbocycles. The van der Waals surface area contributed by atoms with Crippen molar-refractivity contribution in [3.8, 4) is 0 Å². The Balaban J connectivity index is 2.00. The monoisotopic (exact) mass is 344 g/mol. The van der Waals surface area contributed by atoms with E-state index in [0.29, 0.717) is 23.1 Å². The fraction of sp³-hybridized carbons (Fsp3) is 0.562. The van der Waals surface area contributed by atoms with Crippen LogP contribution in [0.4, 0.5) is 10.5 Å². The van der Waals surface area contributed by atoms with E-state index >= 15 is 0 Å². The van der Waals surface area contributed by atoms with Crippen molar-refractivity contribution in [2.24, 2.45) is 0 Å². The predicted octanol–water partition coefficient (Wildman–Crippen LogP) is 4.80. The average molecular weight is 345 g/mol. The van der Waals surface area contributed by atoms with E-state index in [2.05, 4.69) is 5.32 Å². The van der Waals surface area contributed by atoms with Gasteiger partial charge in [-0.25, -0.2) is 4.79 Å². The summed E-state index contributed by atoms with van der Waals surface area (Å²) in [5.41, 5.74) is 0.241. The first-order valence-corrected chi connectivity index (χ1v) is 8.20. The minimum absolute atomic E-state index is 0.110. The molecule has 1 amide bonds. The number of anilines is 1. The summed E-state index contributed by atoms with van der Waals surface area (Å²) in [6.45, 7) is 6.90. The third-order valence-electron chi connectivity index (χ3n) is 3.38. The lowest BCUT2D eigenvalue weighted by molar-refractivity contribution is 0.0206. The first-order valence-electron chi connectivity index (χ1n) is 7.45. The third kappa shape index (κ3) is 4.68. The van der Waals surface area contributed by atoms with Crippen LogP contribution in [0, 0.1) is 0 Å². The predicted molar refractivity (Wildman–Crippen MR) is 90.9 cm³/mol. The van der Waals surface area contributed by atoms with Crippen LogP contribution in [0.1, 0.15) is 33.6 Å². The quantitative estimate of drug-likeness (QED) is 0.837. The zero-order valence-electron chi connectivity index (χ0n) is 13.2. The summed E-state index contributed by atoms with van der Waals surface area (Å²) in [6, 6.07) is 5.51. The van der Waals surface area contributed by atoms with Crippen molar-refractivity contribution in [3.63, 3.8) is 0 Å². The van der Waals surface area contributed by atoms with E-state index in [0.717, 1.165) is 18.5 Å². The van der Waals surface area contributed by atoms with Crippen LogP contribution < -0.4 is 5.32 Å². The number of rotatable bonds is 2. The van der Waals surface area contributed by atoms with Gasteiger partial charge >= 0.3 is 6.09 Å². The van der Waals surface area contributed by atoms with Crippen LogP contribution >= 0.6 is 23.2 Å². The van der Waals surface area contributed by atoms with Gasteiger partial charge in [-0.3, -0.25) is 0 Å². The maximum Gasteiger partial charge on any atom is 0.410 e. The molecule has 6 heteroatoms. The van der Waals surface area contributed by atoms with E-state index in [-0.39, 0.29) is 12.1 Å². The van der Waals surface area contributed by atoms with Crippen molar-refractivity contribution in [2.75, 3.05) is 18.4 Å². The third-order valence-corrected chi connectivity index (χ3v) is 4.01. The Labute approximate surface area is 141 Å². The lowest BCUT2D eigenvalue weighted by Gasteiger charge is -2.35. The largest absolute Gasteiger partial charge is 0.444 e. The van der Waals surface area contributed by atoms with Crippen molar-refractivity contribution in [1.82, 2.24) is 4.90 Å². The fourth-order valence-corrected chi connectivity index (χ4v) is 2.93. The van der Waals surface area contributed by atoms with Gasteiger partial charge in [0.25, 0.3) is 0 Å². The minimum atomic E-state index is -0.483. The number of benzene rings is 1. The molecule has 0 saturated carbocycles. The van der Waals surface area contributed by atoms with Crippen LogP contribution in [0.5, 0.6) is 0 Å². The standard InChI is InChI=1S/C16H22Cl2N2O2/c1-16(2,3)22-15(21)20-9-5-6-11(10-20)19-14-12(17)7-4-8-13(14)18/h4,7-8,11,19H,5-6,9-10H2,1-3H3. The molecule has 0 aromatic heterocycles. The molecule has 1 N–H and O–H groups in total. The van der Waals surface area contributed by atoms with E-state index in [9.17, 15) is 4.79 Å². The molecule has 1 unspecified atom stereocenters. The number of likely N-dealkylation sites (tertiary alicyclic amines) is 1. The molecule has 1 heterocycles.